The summed E-state index contributed by atoms with van der Waals surface area (Å²) in [5.74, 6) is 2.56. The van der Waals surface area contributed by atoms with Crippen molar-refractivity contribution in [2.45, 2.75) is 50.4 Å². The molecule has 2 fully saturated rings. The summed E-state index contributed by atoms with van der Waals surface area (Å²) in [6.07, 6.45) is 7.99. The first-order valence-electron chi connectivity index (χ1n) is 8.10. The van der Waals surface area contributed by atoms with E-state index in [2.05, 4.69) is 28.5 Å². The first kappa shape index (κ1) is 12.4. The van der Waals surface area contributed by atoms with Gasteiger partial charge in [-0.2, -0.15) is 0 Å². The Hall–Kier alpha value is -1.35. The van der Waals surface area contributed by atoms with E-state index in [1.807, 2.05) is 0 Å². The summed E-state index contributed by atoms with van der Waals surface area (Å²) >= 11 is 0. The average Bonchev–Trinajstić information content (AvgIpc) is 3.16. The van der Waals surface area contributed by atoms with Gasteiger partial charge in [0.15, 0.2) is 0 Å². The molecular weight excluding hydrogens is 246 g/mol. The minimum absolute atomic E-state index is 0.660. The molecule has 1 aromatic heterocycles. The predicted molar refractivity (Wildman–Crippen MR) is 82.1 cm³/mol. The summed E-state index contributed by atoms with van der Waals surface area (Å²) in [6.45, 7) is 2.27. The van der Waals surface area contributed by atoms with E-state index >= 15 is 0 Å². The normalized spacial score (nSPS) is 24.5. The van der Waals surface area contributed by atoms with E-state index < -0.39 is 0 Å². The third-order valence-electron chi connectivity index (χ3n) is 5.05. The number of aromatic amines is 1. The van der Waals surface area contributed by atoms with E-state index in [1.54, 1.807) is 0 Å². The molecule has 20 heavy (non-hydrogen) atoms. The van der Waals surface area contributed by atoms with Crippen molar-refractivity contribution in [3.8, 4) is 0 Å². The lowest BCUT2D eigenvalue weighted by Crippen LogP contribution is -2.07. The van der Waals surface area contributed by atoms with E-state index in [1.165, 1.54) is 55.4 Å². The zero-order valence-corrected chi connectivity index (χ0v) is 12.0. The van der Waals surface area contributed by atoms with Crippen LogP contribution in [-0.4, -0.2) is 23.1 Å². The van der Waals surface area contributed by atoms with Gasteiger partial charge in [0.2, 0.25) is 0 Å². The highest BCUT2D eigenvalue weighted by Gasteiger charge is 2.20. The van der Waals surface area contributed by atoms with Crippen LogP contribution in [0.25, 0.3) is 11.0 Å². The molecule has 1 saturated heterocycles. The van der Waals surface area contributed by atoms with Crippen LogP contribution in [-0.2, 0) is 0 Å². The largest absolute Gasteiger partial charge is 0.342 e. The standard InChI is InChI=1S/C17H23N3/c1-2-4-12(5-3-1)17-19-15-7-6-13(10-16(15)20-17)14-8-9-18-11-14/h6-7,10,12,14,18H,1-5,8-9,11H2,(H,19,20). The molecule has 4 rings (SSSR count). The van der Waals surface area contributed by atoms with Crippen molar-refractivity contribution in [2.24, 2.45) is 0 Å². The Morgan fingerprint density at radius 1 is 1.00 bits per heavy atom. The third-order valence-corrected chi connectivity index (χ3v) is 5.05. The van der Waals surface area contributed by atoms with Crippen molar-refractivity contribution in [1.29, 1.82) is 0 Å². The van der Waals surface area contributed by atoms with Crippen molar-refractivity contribution < 1.29 is 0 Å². The maximum absolute atomic E-state index is 4.83. The molecule has 2 aliphatic rings. The Morgan fingerprint density at radius 3 is 2.70 bits per heavy atom. The summed E-state index contributed by atoms with van der Waals surface area (Å²) in [5, 5.41) is 3.45. The highest BCUT2D eigenvalue weighted by atomic mass is 14.9. The van der Waals surface area contributed by atoms with Crippen LogP contribution >= 0.6 is 0 Å². The fourth-order valence-electron chi connectivity index (χ4n) is 3.81. The maximum atomic E-state index is 4.83. The lowest BCUT2D eigenvalue weighted by atomic mass is 9.89. The van der Waals surface area contributed by atoms with Gasteiger partial charge in [0.05, 0.1) is 11.0 Å². The average molecular weight is 269 g/mol. The zero-order valence-electron chi connectivity index (χ0n) is 12.0. The first-order chi connectivity index (χ1) is 9.90. The summed E-state index contributed by atoms with van der Waals surface area (Å²) < 4.78 is 0. The van der Waals surface area contributed by atoms with Crippen LogP contribution < -0.4 is 5.32 Å². The number of rotatable bonds is 2. The Kier molecular flexibility index (Phi) is 3.23. The monoisotopic (exact) mass is 269 g/mol. The van der Waals surface area contributed by atoms with Crippen molar-refractivity contribution in [3.05, 3.63) is 29.6 Å². The SMILES string of the molecule is c1cc2nc(C3CCCCC3)[nH]c2cc1C1CCNC1. The summed E-state index contributed by atoms with van der Waals surface area (Å²) in [6, 6.07) is 6.80. The Bertz CT molecular complexity index is 589. The van der Waals surface area contributed by atoms with E-state index in [-0.39, 0.29) is 0 Å². The van der Waals surface area contributed by atoms with Crippen molar-refractivity contribution in [2.75, 3.05) is 13.1 Å². The van der Waals surface area contributed by atoms with E-state index in [9.17, 15) is 0 Å². The van der Waals surface area contributed by atoms with Crippen LogP contribution in [0.2, 0.25) is 0 Å². The van der Waals surface area contributed by atoms with Gasteiger partial charge < -0.3 is 10.3 Å². The molecule has 0 amide bonds. The molecule has 0 radical (unpaired) electrons. The third kappa shape index (κ3) is 2.24. The molecule has 1 aliphatic carbocycles. The molecule has 1 aliphatic heterocycles. The number of hydrogen-bond donors (Lipinski definition) is 2. The second-order valence-corrected chi connectivity index (χ2v) is 6.42. The lowest BCUT2D eigenvalue weighted by Gasteiger charge is -2.18. The number of nitrogens with zero attached hydrogens (tertiary/aromatic N) is 1. The fourth-order valence-corrected chi connectivity index (χ4v) is 3.81. The quantitative estimate of drug-likeness (QED) is 0.873. The van der Waals surface area contributed by atoms with Crippen molar-refractivity contribution >= 4 is 11.0 Å². The number of nitrogens with one attached hydrogen (secondary N) is 2. The van der Waals surface area contributed by atoms with Crippen molar-refractivity contribution in [1.82, 2.24) is 15.3 Å². The molecule has 2 heterocycles. The van der Waals surface area contributed by atoms with Crippen LogP contribution in [0.1, 0.15) is 61.7 Å². The van der Waals surface area contributed by atoms with Gasteiger partial charge >= 0.3 is 0 Å². The molecule has 1 atom stereocenters. The number of benzene rings is 1. The second-order valence-electron chi connectivity index (χ2n) is 6.42. The van der Waals surface area contributed by atoms with Gasteiger partial charge in [-0.1, -0.05) is 25.3 Å². The predicted octanol–water partition coefficient (Wildman–Crippen LogP) is 3.69. The van der Waals surface area contributed by atoms with Crippen LogP contribution in [0.3, 0.4) is 0 Å². The number of imidazole rings is 1. The van der Waals surface area contributed by atoms with Gasteiger partial charge in [-0.05, 0) is 49.4 Å². The molecule has 106 valence electrons. The van der Waals surface area contributed by atoms with Gasteiger partial charge in [-0.15, -0.1) is 0 Å². The van der Waals surface area contributed by atoms with Crippen LogP contribution in [0, 0.1) is 0 Å². The van der Waals surface area contributed by atoms with Crippen LogP contribution in [0.5, 0.6) is 0 Å². The van der Waals surface area contributed by atoms with Crippen LogP contribution in [0.4, 0.5) is 0 Å². The Morgan fingerprint density at radius 2 is 1.90 bits per heavy atom. The molecule has 3 heteroatoms. The number of fused-ring (bicyclic) bond motifs is 1. The second kappa shape index (κ2) is 5.21. The highest BCUT2D eigenvalue weighted by Crippen LogP contribution is 2.32. The van der Waals surface area contributed by atoms with Crippen LogP contribution in [0.15, 0.2) is 18.2 Å². The number of aromatic nitrogens is 2. The van der Waals surface area contributed by atoms with Gasteiger partial charge in [0, 0.05) is 12.5 Å². The van der Waals surface area contributed by atoms with Gasteiger partial charge in [0.1, 0.15) is 5.82 Å². The maximum Gasteiger partial charge on any atom is 0.110 e. The number of hydrogen-bond acceptors (Lipinski definition) is 2. The molecule has 2 aromatic rings. The molecule has 1 saturated carbocycles. The first-order valence-corrected chi connectivity index (χ1v) is 8.10. The molecule has 3 nitrogen and oxygen atoms in total. The van der Waals surface area contributed by atoms with E-state index in [4.69, 9.17) is 4.98 Å². The Labute approximate surface area is 120 Å². The fraction of sp³-hybridized carbons (Fsp3) is 0.588. The Balaban J connectivity index is 1.64. The molecule has 0 spiro atoms. The number of H-pyrrole nitrogens is 1. The van der Waals surface area contributed by atoms with E-state index in [0.717, 1.165) is 18.6 Å². The minimum atomic E-state index is 0.660. The minimum Gasteiger partial charge on any atom is -0.342 e. The smallest absolute Gasteiger partial charge is 0.110 e. The zero-order chi connectivity index (χ0) is 13.4. The molecular formula is C17H23N3. The summed E-state index contributed by atoms with van der Waals surface area (Å²) in [5.41, 5.74) is 3.83. The van der Waals surface area contributed by atoms with Gasteiger partial charge in [-0.25, -0.2) is 4.98 Å². The topological polar surface area (TPSA) is 40.7 Å². The molecule has 1 unspecified atom stereocenters. The van der Waals surface area contributed by atoms with E-state index in [0.29, 0.717) is 11.8 Å². The summed E-state index contributed by atoms with van der Waals surface area (Å²) in [7, 11) is 0. The lowest BCUT2D eigenvalue weighted by molar-refractivity contribution is 0.431. The highest BCUT2D eigenvalue weighted by molar-refractivity contribution is 5.76. The molecule has 2 N–H and O–H groups in total. The molecule has 1 aromatic carbocycles. The summed E-state index contributed by atoms with van der Waals surface area (Å²) in [4.78, 5) is 8.43. The van der Waals surface area contributed by atoms with Crippen molar-refractivity contribution in [3.63, 3.8) is 0 Å². The molecule has 0 bridgehead atoms. The van der Waals surface area contributed by atoms with Gasteiger partial charge in [0.25, 0.3) is 0 Å². The van der Waals surface area contributed by atoms with Gasteiger partial charge in [-0.3, -0.25) is 0 Å².